The van der Waals surface area contributed by atoms with Gasteiger partial charge in [0.2, 0.25) is 65.0 Å². The number of carboxylic acid groups (broad SMARTS) is 4. The number of fused-ring (bicyclic) bond motifs is 1. The van der Waals surface area contributed by atoms with Crippen LogP contribution in [0.15, 0.2) is 24.3 Å². The van der Waals surface area contributed by atoms with Gasteiger partial charge in [-0.05, 0) is 89.5 Å². The maximum atomic E-state index is 15.0. The first-order valence-corrected chi connectivity index (χ1v) is 33.0. The zero-order valence-corrected chi connectivity index (χ0v) is 58.5. The monoisotopic (exact) mass is 1410 g/mol. The van der Waals surface area contributed by atoms with Crippen molar-refractivity contribution in [2.24, 2.45) is 41.2 Å². The van der Waals surface area contributed by atoms with Crippen molar-refractivity contribution in [3.8, 4) is 0 Å². The molecular weight excluding hydrogens is 1300 g/mol. The summed E-state index contributed by atoms with van der Waals surface area (Å²) in [6.07, 6.45) is 1.64. The molecule has 0 aromatic heterocycles. The number of carboxylic acids is 4. The lowest BCUT2D eigenvalue weighted by Crippen LogP contribution is -2.65. The molecule has 16 atom stereocenters. The molecule has 0 aromatic rings. The Labute approximate surface area is 575 Å². The summed E-state index contributed by atoms with van der Waals surface area (Å²) < 4.78 is 5.40. The summed E-state index contributed by atoms with van der Waals surface area (Å²) in [5.41, 5.74) is 5.75. The van der Waals surface area contributed by atoms with Gasteiger partial charge in [-0.2, -0.15) is 0 Å². The molecule has 16 N–H and O–H groups in total. The van der Waals surface area contributed by atoms with Crippen molar-refractivity contribution in [1.29, 1.82) is 0 Å². The van der Waals surface area contributed by atoms with Gasteiger partial charge in [-0.25, -0.2) is 4.79 Å². The summed E-state index contributed by atoms with van der Waals surface area (Å²) in [6, 6.07) is -19.0. The number of ether oxygens (including phenoxy) is 1. The Balaban J connectivity index is 3.04. The van der Waals surface area contributed by atoms with Crippen molar-refractivity contribution in [3.63, 3.8) is 0 Å². The summed E-state index contributed by atoms with van der Waals surface area (Å²) in [4.78, 5) is 222. The van der Waals surface area contributed by atoms with Gasteiger partial charge < -0.3 is 103 Å². The average molecular weight is 1410 g/mol. The highest BCUT2D eigenvalue weighted by Gasteiger charge is 2.46. The molecule has 0 bridgehead atoms. The van der Waals surface area contributed by atoms with Crippen LogP contribution in [0.3, 0.4) is 0 Å². The van der Waals surface area contributed by atoms with Crippen LogP contribution in [0.4, 0.5) is 0 Å². The Hall–Kier alpha value is -9.12. The van der Waals surface area contributed by atoms with Crippen LogP contribution in [0, 0.1) is 35.5 Å². The highest BCUT2D eigenvalue weighted by molar-refractivity contribution is 6.02. The number of esters is 1. The number of amides is 11. The maximum absolute atomic E-state index is 15.0. The number of quaternary nitrogens is 1. The van der Waals surface area contributed by atoms with E-state index in [2.05, 4.69) is 49.5 Å². The molecule has 0 aromatic carbocycles. The molecule has 0 radical (unpaired) electrons. The number of rotatable bonds is 28. The second kappa shape index (κ2) is 40.7. The molecule has 556 valence electrons. The number of carbonyl (C=O) groups excluding carboxylic acids is 13. The number of unbranched alkanes of at least 4 members (excludes halogenated alkanes) is 1. The van der Waals surface area contributed by atoms with Gasteiger partial charge in [-0.3, -0.25) is 67.1 Å². The molecule has 99 heavy (non-hydrogen) atoms. The molecule has 6 unspecified atom stereocenters. The van der Waals surface area contributed by atoms with Crippen molar-refractivity contribution >= 4 is 94.8 Å². The van der Waals surface area contributed by atoms with Crippen molar-refractivity contribution < 1.29 is 111 Å². The summed E-state index contributed by atoms with van der Waals surface area (Å²) in [7, 11) is 4.83. The largest absolute Gasteiger partial charge is 0.550 e. The van der Waals surface area contributed by atoms with Crippen LogP contribution in [-0.2, 0) is 81.4 Å². The fraction of sp³-hybridized carbons (Fsp3) is 0.688. The number of aliphatic hydroxyl groups is 1. The van der Waals surface area contributed by atoms with E-state index in [0.29, 0.717) is 12.3 Å². The smallest absolute Gasteiger partial charge is 0.335 e. The molecule has 2 fully saturated rings. The second-order valence-corrected chi connectivity index (χ2v) is 27.0. The van der Waals surface area contributed by atoms with Crippen LogP contribution in [0.2, 0.25) is 0 Å². The molecule has 11 amide bonds. The number of hydrogen-bond donors (Lipinski definition) is 15. The Bertz CT molecular complexity index is 2970. The van der Waals surface area contributed by atoms with Crippen molar-refractivity contribution in [2.45, 2.75) is 200 Å². The van der Waals surface area contributed by atoms with Gasteiger partial charge in [0, 0.05) is 25.0 Å². The molecule has 35 heteroatoms. The molecular formula is C64H103N13O22. The molecule has 35 nitrogen and oxygen atoms in total. The second-order valence-electron chi connectivity index (χ2n) is 27.0. The predicted molar refractivity (Wildman–Crippen MR) is 349 cm³/mol. The molecule has 2 aliphatic heterocycles. The third-order valence-corrected chi connectivity index (χ3v) is 16.6. The highest BCUT2D eigenvalue weighted by atomic mass is 16.5. The minimum atomic E-state index is -2.90. The maximum Gasteiger partial charge on any atom is 0.335 e. The molecule has 2 saturated heterocycles. The number of aliphatic carboxylic acids is 4. The zero-order valence-electron chi connectivity index (χ0n) is 58.5. The van der Waals surface area contributed by atoms with Gasteiger partial charge in [0.1, 0.15) is 60.9 Å². The van der Waals surface area contributed by atoms with Crippen molar-refractivity contribution in [1.82, 2.24) is 58.1 Å². The van der Waals surface area contributed by atoms with Crippen LogP contribution in [0.1, 0.15) is 127 Å². The molecule has 0 spiro atoms. The van der Waals surface area contributed by atoms with Crippen LogP contribution in [0.5, 0.6) is 0 Å². The van der Waals surface area contributed by atoms with E-state index >= 15 is 0 Å². The minimum Gasteiger partial charge on any atom is -0.550 e. The van der Waals surface area contributed by atoms with Gasteiger partial charge >= 0.3 is 23.9 Å². The zero-order chi connectivity index (χ0) is 75.5. The van der Waals surface area contributed by atoms with Crippen LogP contribution in [-0.4, -0.2) is 245 Å². The predicted octanol–water partition coefficient (Wildman–Crippen LogP) is -4.85. The first-order chi connectivity index (χ1) is 46.0. The molecule has 2 aliphatic rings. The van der Waals surface area contributed by atoms with E-state index in [1.165, 1.54) is 40.7 Å². The Kier molecular flexibility index (Phi) is 35.3. The number of nitrogens with two attached hydrogens (primary N) is 1. The van der Waals surface area contributed by atoms with E-state index in [1.807, 2.05) is 17.6 Å². The van der Waals surface area contributed by atoms with E-state index in [1.54, 1.807) is 40.2 Å². The summed E-state index contributed by atoms with van der Waals surface area (Å²) in [5.74, 6) is -27.3. The Morgan fingerprint density at radius 1 is 0.707 bits per heavy atom. The third kappa shape index (κ3) is 28.7. The first-order valence-electron chi connectivity index (χ1n) is 33.0. The van der Waals surface area contributed by atoms with Crippen LogP contribution in [0.25, 0.3) is 0 Å². The molecule has 2 heterocycles. The quantitative estimate of drug-likeness (QED) is 0.0115. The lowest BCUT2D eigenvalue weighted by atomic mass is 9.97. The van der Waals surface area contributed by atoms with Crippen molar-refractivity contribution in [2.75, 3.05) is 47.3 Å². The Morgan fingerprint density at radius 2 is 1.29 bits per heavy atom. The van der Waals surface area contributed by atoms with Gasteiger partial charge in [-0.15, -0.1) is 0 Å². The van der Waals surface area contributed by atoms with E-state index in [9.17, 15) is 102 Å². The fourth-order valence-electron chi connectivity index (χ4n) is 10.6. The Morgan fingerprint density at radius 3 is 1.85 bits per heavy atom. The summed E-state index contributed by atoms with van der Waals surface area (Å²) in [6.45, 7) is 13.5. The van der Waals surface area contributed by atoms with E-state index in [0.717, 1.165) is 37.7 Å². The lowest BCUT2D eigenvalue weighted by Gasteiger charge is -2.34. The number of carbonyl (C=O) groups is 16. The highest BCUT2D eigenvalue weighted by Crippen LogP contribution is 2.26. The minimum absolute atomic E-state index is 0.0107. The van der Waals surface area contributed by atoms with Gasteiger partial charge in [0.25, 0.3) is 0 Å². The van der Waals surface area contributed by atoms with Crippen LogP contribution >= 0.6 is 0 Å². The number of aliphatic hydroxyl groups excluding tert-OH is 1. The van der Waals surface area contributed by atoms with Gasteiger partial charge in [0.15, 0.2) is 12.2 Å². The SMILES string of the molecule is CCC(C)CC/C=C\C=C\C(=O)N[C@H](C(=O)N[C@@H]1C(=O)N[C@H](C(C)C)C(=O)N[C@@H](CCCCN)C(=O)N[C@@H](C(O)C(=O)O)C(=O)N[C@@H](CC(=O)OC(CC(=O)[O-])C[N+](C)(C)C)C(=O)NCC(=O)N[C@H](C(C)C(=O)O)C(=O)N[C@@H](C(C)C)C(=O)N2C[C@H](C)C[C@H]2C(=O)NC1C)C(C)C(=O)O. The molecule has 2 rings (SSSR count). The molecule has 0 aliphatic carbocycles. The normalized spacial score (nSPS) is 25.1. The number of nitrogens with one attached hydrogen (secondary N) is 10. The fourth-order valence-corrected chi connectivity index (χ4v) is 10.6. The summed E-state index contributed by atoms with van der Waals surface area (Å²) >= 11 is 0. The first kappa shape index (κ1) is 86.0. The van der Waals surface area contributed by atoms with E-state index < -0.39 is 216 Å². The lowest BCUT2D eigenvalue weighted by molar-refractivity contribution is -0.873. The van der Waals surface area contributed by atoms with Gasteiger partial charge in [-0.1, -0.05) is 73.1 Å². The third-order valence-electron chi connectivity index (χ3n) is 16.6. The van der Waals surface area contributed by atoms with Crippen LogP contribution < -0.4 is 64.0 Å². The van der Waals surface area contributed by atoms with E-state index in [4.69, 9.17) is 10.5 Å². The summed E-state index contributed by atoms with van der Waals surface area (Å²) in [5, 5.41) is 76.2. The van der Waals surface area contributed by atoms with Gasteiger partial charge in [0.05, 0.1) is 52.0 Å². The average Bonchev–Trinajstić information content (AvgIpc) is 1.80. The number of allylic oxidation sites excluding steroid dienone is 3. The molecule has 0 saturated carbocycles. The topological polar surface area (TPSA) is 536 Å². The van der Waals surface area contributed by atoms with E-state index in [-0.39, 0.29) is 49.8 Å². The number of nitrogens with zero attached hydrogens (tertiary/aromatic N) is 2. The standard InChI is InChI=1S/C64H103N13O22/c1-14-33(6)21-17-15-16-18-23-42(78)70-48(35(8)62(93)94)58(89)74-50-37(10)67-55(86)41-25-34(7)29-76(41)61(92)47(32(4)5)73-57(88)49(36(9)63(95)96)71-43(79)28-66-53(84)40(27-45(82)99-38(26-44(80)81)30-77(11,12)13)69-60(91)51(52(83)64(97)98)75-54(85)39(22-19-20-24-65)68-56(87)46(31(2)3)72-59(50)90/h15-16,18,23,31-41,46-52,83H,14,17,19-22,24-30,65H2,1-13H3,(H13-,66,67,68,69,70,71,72,73,74,75,78,79,80,81,84,85,86,87,88,89,90,91,93,94,95,96,97,98)/b16-15-,23-18+/t33?,34-,35?,36?,37?,38?,39+,40+,41+,46-,47+,48+,49-,50+,51+,52?/m1/s1. The number of hydrogen-bond acceptors (Lipinski definition) is 20. The number of likely N-dealkylation sites (N-methyl/N-ethyl adjacent to an activating group) is 1. The van der Waals surface area contributed by atoms with Crippen molar-refractivity contribution in [3.05, 3.63) is 24.3 Å².